The number of benzene rings is 2. The van der Waals surface area contributed by atoms with Gasteiger partial charge in [0.05, 0.1) is 22.0 Å². The molecule has 0 bridgehead atoms. The molecule has 5 rings (SSSR count). The molecule has 1 fully saturated rings. The number of pyridine rings is 1. The highest BCUT2D eigenvalue weighted by molar-refractivity contribution is 7.92. The lowest BCUT2D eigenvalue weighted by Gasteiger charge is -2.33. The van der Waals surface area contributed by atoms with Gasteiger partial charge in [0.15, 0.2) is 5.78 Å². The number of hydrogen-bond donors (Lipinski definition) is 0. The Morgan fingerprint density at radius 1 is 1.21 bits per heavy atom. The summed E-state index contributed by atoms with van der Waals surface area (Å²) in [4.78, 5) is 17.2. The molecule has 0 unspecified atom stereocenters. The van der Waals surface area contributed by atoms with Crippen molar-refractivity contribution in [3.05, 3.63) is 82.3 Å². The number of halogens is 2. The second-order valence-electron chi connectivity index (χ2n) is 8.68. The van der Waals surface area contributed by atoms with E-state index >= 15 is 0 Å². The van der Waals surface area contributed by atoms with E-state index in [2.05, 4.69) is 4.98 Å². The third-order valence-electron chi connectivity index (χ3n) is 5.99. The number of nitrogens with zero attached hydrogens (tertiary/aromatic N) is 2. The molecule has 2 aliphatic rings. The third-order valence-corrected chi connectivity index (χ3v) is 8.09. The number of anilines is 1. The highest BCUT2D eigenvalue weighted by Crippen LogP contribution is 2.41. The molecule has 34 heavy (non-hydrogen) atoms. The lowest BCUT2D eigenvalue weighted by molar-refractivity contribution is 0.0989. The molecule has 1 saturated carbocycles. The van der Waals surface area contributed by atoms with Gasteiger partial charge in [0.2, 0.25) is 5.88 Å². The molecule has 0 radical (unpaired) electrons. The Kier molecular flexibility index (Phi) is 5.81. The van der Waals surface area contributed by atoms with Crippen molar-refractivity contribution in [1.29, 1.82) is 0 Å². The normalized spacial score (nSPS) is 17.7. The quantitative estimate of drug-likeness (QED) is 0.437. The summed E-state index contributed by atoms with van der Waals surface area (Å²) in [6, 6.07) is 12.6. The average molecular weight is 501 g/mol. The van der Waals surface area contributed by atoms with Crippen LogP contribution in [0.25, 0.3) is 0 Å². The number of rotatable bonds is 6. The number of ketones is 1. The summed E-state index contributed by atoms with van der Waals surface area (Å²) in [7, 11) is -3.90. The Labute approximate surface area is 202 Å². The topological polar surface area (TPSA) is 76.6 Å². The molecule has 1 aromatic heterocycles. The zero-order valence-electron chi connectivity index (χ0n) is 18.4. The Morgan fingerprint density at radius 2 is 1.97 bits per heavy atom. The summed E-state index contributed by atoms with van der Waals surface area (Å²) < 4.78 is 48.5. The van der Waals surface area contributed by atoms with Crippen LogP contribution in [-0.2, 0) is 16.4 Å². The fourth-order valence-corrected chi connectivity index (χ4v) is 6.00. The zero-order valence-corrected chi connectivity index (χ0v) is 19.9. The second kappa shape index (κ2) is 8.67. The molecule has 2 aromatic carbocycles. The number of sulfonamides is 1. The van der Waals surface area contributed by atoms with Crippen LogP contribution in [0.1, 0.15) is 47.2 Å². The summed E-state index contributed by atoms with van der Waals surface area (Å²) in [5, 5.41) is 0.0211. The van der Waals surface area contributed by atoms with Crippen LogP contribution < -0.4 is 9.04 Å². The van der Waals surface area contributed by atoms with E-state index in [0.29, 0.717) is 11.5 Å². The first-order valence-electron chi connectivity index (χ1n) is 11.0. The molecule has 0 spiro atoms. The van der Waals surface area contributed by atoms with Crippen molar-refractivity contribution >= 4 is 33.1 Å². The van der Waals surface area contributed by atoms with Crippen LogP contribution in [0.15, 0.2) is 59.6 Å². The van der Waals surface area contributed by atoms with Gasteiger partial charge in [-0.15, -0.1) is 0 Å². The molecule has 1 atom stereocenters. The lowest BCUT2D eigenvalue weighted by Crippen LogP contribution is -2.42. The molecule has 3 aromatic rings. The Hall–Kier alpha value is -2.97. The smallest absolute Gasteiger partial charge is 0.264 e. The van der Waals surface area contributed by atoms with Gasteiger partial charge in [-0.25, -0.2) is 17.8 Å². The van der Waals surface area contributed by atoms with Crippen LogP contribution in [0.4, 0.5) is 10.1 Å². The predicted molar refractivity (Wildman–Crippen MR) is 127 cm³/mol. The predicted octanol–water partition coefficient (Wildman–Crippen LogP) is 5.15. The van der Waals surface area contributed by atoms with E-state index in [-0.39, 0.29) is 40.0 Å². The standard InChI is InChI=1S/C25H22ClFN2O4S/c1-15-14-29(34(31,32)19-5-2-4-18(12-19)17-8-9-17)22-10-16(13-28-25(22)33-15)11-23(30)24-20(26)6-3-7-21(24)27/h2-7,10,12-13,15,17H,8-9,11,14H2,1H3/t15-/m0/s1. The van der Waals surface area contributed by atoms with E-state index < -0.39 is 27.7 Å². The van der Waals surface area contributed by atoms with Crippen LogP contribution in [0, 0.1) is 5.82 Å². The maximum Gasteiger partial charge on any atom is 0.264 e. The molecule has 0 amide bonds. The summed E-state index contributed by atoms with van der Waals surface area (Å²) in [5.74, 6) is -0.654. The number of hydrogen-bond acceptors (Lipinski definition) is 5. The van der Waals surface area contributed by atoms with Crippen molar-refractivity contribution in [2.24, 2.45) is 0 Å². The average Bonchev–Trinajstić information content (AvgIpc) is 3.64. The second-order valence-corrected chi connectivity index (χ2v) is 10.9. The zero-order chi connectivity index (χ0) is 24.0. The van der Waals surface area contributed by atoms with Crippen molar-refractivity contribution in [3.63, 3.8) is 0 Å². The lowest BCUT2D eigenvalue weighted by atomic mass is 10.0. The number of carbonyl (C=O) groups is 1. The molecule has 0 saturated heterocycles. The number of ether oxygens (including phenoxy) is 1. The summed E-state index contributed by atoms with van der Waals surface area (Å²) in [6.45, 7) is 1.87. The third kappa shape index (κ3) is 4.28. The molecule has 1 aliphatic heterocycles. The number of carbonyl (C=O) groups excluding carboxylic acids is 1. The van der Waals surface area contributed by atoms with E-state index in [1.807, 2.05) is 6.07 Å². The van der Waals surface area contributed by atoms with E-state index in [9.17, 15) is 17.6 Å². The SMILES string of the molecule is C[C@H]1CN(S(=O)(=O)c2cccc(C3CC3)c2)c2cc(CC(=O)c3c(F)cccc3Cl)cnc2O1. The highest BCUT2D eigenvalue weighted by atomic mass is 35.5. The first-order chi connectivity index (χ1) is 16.2. The Balaban J connectivity index is 1.50. The van der Waals surface area contributed by atoms with Crippen molar-refractivity contribution in [2.75, 3.05) is 10.8 Å². The highest BCUT2D eigenvalue weighted by Gasteiger charge is 2.35. The number of Topliss-reactive ketones (excluding diaryl/α,β-unsaturated/α-hetero) is 1. The minimum Gasteiger partial charge on any atom is -0.471 e. The Bertz CT molecular complexity index is 1370. The van der Waals surface area contributed by atoms with Crippen molar-refractivity contribution in [1.82, 2.24) is 4.98 Å². The fraction of sp³-hybridized carbons (Fsp3) is 0.280. The van der Waals surface area contributed by atoms with Gasteiger partial charge in [-0.1, -0.05) is 29.8 Å². The molecular weight excluding hydrogens is 479 g/mol. The first kappa shape index (κ1) is 22.8. The van der Waals surface area contributed by atoms with Gasteiger partial charge in [-0.05, 0) is 67.1 Å². The van der Waals surface area contributed by atoms with Gasteiger partial charge in [0, 0.05) is 12.6 Å². The van der Waals surface area contributed by atoms with Crippen molar-refractivity contribution in [3.8, 4) is 5.88 Å². The molecule has 176 valence electrons. The molecule has 2 heterocycles. The Morgan fingerprint density at radius 3 is 2.71 bits per heavy atom. The number of fused-ring (bicyclic) bond motifs is 1. The van der Waals surface area contributed by atoms with E-state index in [4.69, 9.17) is 16.3 Å². The van der Waals surface area contributed by atoms with E-state index in [0.717, 1.165) is 18.4 Å². The van der Waals surface area contributed by atoms with Gasteiger partial charge >= 0.3 is 0 Å². The van der Waals surface area contributed by atoms with Crippen LogP contribution in [0.3, 0.4) is 0 Å². The summed E-state index contributed by atoms with van der Waals surface area (Å²) in [5.41, 5.74) is 1.49. The summed E-state index contributed by atoms with van der Waals surface area (Å²) >= 11 is 6.03. The van der Waals surface area contributed by atoms with Crippen LogP contribution >= 0.6 is 11.6 Å². The van der Waals surface area contributed by atoms with Crippen LogP contribution in [-0.4, -0.2) is 31.8 Å². The first-order valence-corrected chi connectivity index (χ1v) is 12.8. The fourth-order valence-electron chi connectivity index (χ4n) is 4.15. The summed E-state index contributed by atoms with van der Waals surface area (Å²) in [6.07, 6.45) is 2.96. The van der Waals surface area contributed by atoms with Gasteiger partial charge < -0.3 is 4.74 Å². The molecule has 6 nitrogen and oxygen atoms in total. The monoisotopic (exact) mass is 500 g/mol. The van der Waals surface area contributed by atoms with Gasteiger partial charge in [-0.3, -0.25) is 9.10 Å². The molecule has 0 N–H and O–H groups in total. The van der Waals surface area contributed by atoms with Gasteiger partial charge in [0.1, 0.15) is 17.6 Å². The molecular formula is C25H22ClFN2O4S. The van der Waals surface area contributed by atoms with Crippen molar-refractivity contribution < 1.29 is 22.3 Å². The van der Waals surface area contributed by atoms with E-state index in [1.165, 1.54) is 28.7 Å². The molecule has 9 heteroatoms. The van der Waals surface area contributed by atoms with Crippen LogP contribution in [0.5, 0.6) is 5.88 Å². The maximum absolute atomic E-state index is 14.2. The minimum atomic E-state index is -3.90. The van der Waals surface area contributed by atoms with Crippen molar-refractivity contribution in [2.45, 2.75) is 43.1 Å². The van der Waals surface area contributed by atoms with Crippen LogP contribution in [0.2, 0.25) is 5.02 Å². The van der Waals surface area contributed by atoms with Gasteiger partial charge in [0.25, 0.3) is 10.0 Å². The number of aromatic nitrogens is 1. The van der Waals surface area contributed by atoms with Gasteiger partial charge in [-0.2, -0.15) is 0 Å². The maximum atomic E-state index is 14.2. The molecule has 1 aliphatic carbocycles. The minimum absolute atomic E-state index is 0.0211. The van der Waals surface area contributed by atoms with E-state index in [1.54, 1.807) is 31.2 Å². The largest absolute Gasteiger partial charge is 0.471 e.